The van der Waals surface area contributed by atoms with E-state index in [0.29, 0.717) is 43.7 Å². The van der Waals surface area contributed by atoms with Crippen LogP contribution in [-0.4, -0.2) is 80.4 Å². The third-order valence-electron chi connectivity index (χ3n) is 7.43. The Labute approximate surface area is 203 Å². The molecule has 4 heterocycles. The largest absolute Gasteiger partial charge is 0.544 e. The number of aliphatic hydroxyl groups excluding tert-OH is 1. The predicted molar refractivity (Wildman–Crippen MR) is 124 cm³/mol. The molecule has 1 N–H and O–H groups in total. The molecule has 1 saturated carbocycles. The van der Waals surface area contributed by atoms with Crippen molar-refractivity contribution in [2.75, 3.05) is 31.1 Å². The molecule has 184 valence electrons. The lowest BCUT2D eigenvalue weighted by atomic mass is 9.85. The fraction of sp³-hybridized carbons (Fsp3) is 0.440. The second kappa shape index (κ2) is 9.03. The summed E-state index contributed by atoms with van der Waals surface area (Å²) in [5.74, 6) is -2.20. The van der Waals surface area contributed by atoms with Crippen LogP contribution in [0.3, 0.4) is 0 Å². The van der Waals surface area contributed by atoms with Crippen LogP contribution in [0.15, 0.2) is 59.7 Å². The number of carbonyl (C=O) groups excluding carboxylic acids is 3. The van der Waals surface area contributed by atoms with E-state index in [-0.39, 0.29) is 16.9 Å². The van der Waals surface area contributed by atoms with Crippen molar-refractivity contribution in [2.45, 2.75) is 37.8 Å². The molecular weight excluding hydrogens is 450 g/mol. The van der Waals surface area contributed by atoms with Gasteiger partial charge in [-0.25, -0.2) is 4.79 Å². The summed E-state index contributed by atoms with van der Waals surface area (Å²) in [6.45, 7) is 1.50. The number of carboxylic acids is 1. The SMILES string of the molecule is Cn1cc(N2CCN(CC3=C4C=CC=C[N+]4([C@H]4CCCC[C@@H]4O)C(=O)C(C(=O)[O-])=C3)CC2=O)cn1. The summed E-state index contributed by atoms with van der Waals surface area (Å²) in [5.41, 5.74) is 1.63. The molecule has 0 spiro atoms. The third kappa shape index (κ3) is 3.97. The van der Waals surface area contributed by atoms with E-state index in [2.05, 4.69) is 5.10 Å². The van der Waals surface area contributed by atoms with Gasteiger partial charge in [-0.1, -0.05) is 12.5 Å². The Bertz CT molecular complexity index is 1190. The summed E-state index contributed by atoms with van der Waals surface area (Å²) < 4.78 is 1.29. The molecule has 0 bridgehead atoms. The second-order valence-corrected chi connectivity index (χ2v) is 9.59. The molecule has 0 radical (unpaired) electrons. The first kappa shape index (κ1) is 23.4. The number of allylic oxidation sites excluding steroid dienone is 3. The molecule has 1 aromatic heterocycles. The van der Waals surface area contributed by atoms with E-state index in [1.807, 2.05) is 17.1 Å². The van der Waals surface area contributed by atoms with E-state index in [9.17, 15) is 24.6 Å². The summed E-state index contributed by atoms with van der Waals surface area (Å²) in [4.78, 5) is 42.2. The highest BCUT2D eigenvalue weighted by Gasteiger charge is 2.54. The first-order chi connectivity index (χ1) is 16.8. The van der Waals surface area contributed by atoms with E-state index in [0.717, 1.165) is 18.5 Å². The van der Waals surface area contributed by atoms with Crippen molar-refractivity contribution in [1.82, 2.24) is 14.7 Å². The molecule has 3 atom stereocenters. The highest BCUT2D eigenvalue weighted by atomic mass is 16.4. The van der Waals surface area contributed by atoms with E-state index >= 15 is 0 Å². The molecular formula is C25H29N5O5. The van der Waals surface area contributed by atoms with Crippen LogP contribution in [0.4, 0.5) is 5.69 Å². The predicted octanol–water partition coefficient (Wildman–Crippen LogP) is -0.257. The van der Waals surface area contributed by atoms with Gasteiger partial charge >= 0.3 is 5.91 Å². The van der Waals surface area contributed by atoms with Crippen LogP contribution >= 0.6 is 0 Å². The van der Waals surface area contributed by atoms with E-state index in [1.54, 1.807) is 41.3 Å². The van der Waals surface area contributed by atoms with Gasteiger partial charge in [0, 0.05) is 50.9 Å². The number of carboxylic acid groups (broad SMARTS) is 1. The Morgan fingerprint density at radius 3 is 2.71 bits per heavy atom. The minimum atomic E-state index is -1.53. The van der Waals surface area contributed by atoms with Gasteiger partial charge in [-0.15, -0.1) is 0 Å². The zero-order valence-electron chi connectivity index (χ0n) is 19.7. The normalized spacial score (nSPS) is 29.4. The number of carbonyl (C=O) groups is 3. The van der Waals surface area contributed by atoms with Gasteiger partial charge < -0.3 is 19.9 Å². The topological polar surface area (TPSA) is 119 Å². The Kier molecular flexibility index (Phi) is 6.04. The van der Waals surface area contributed by atoms with E-state index in [4.69, 9.17) is 0 Å². The molecule has 4 aliphatic rings. The number of fused-ring (bicyclic) bond motifs is 1. The minimum Gasteiger partial charge on any atom is -0.544 e. The quantitative estimate of drug-likeness (QED) is 0.457. The number of rotatable bonds is 5. The van der Waals surface area contributed by atoms with Crippen LogP contribution in [0.5, 0.6) is 0 Å². The number of nitrogens with zero attached hydrogens (tertiary/aromatic N) is 5. The molecule has 10 nitrogen and oxygen atoms in total. The maximum absolute atomic E-state index is 13.6. The molecule has 2 amide bonds. The molecule has 1 unspecified atom stereocenters. The number of aryl methyl sites for hydroxylation is 1. The molecule has 35 heavy (non-hydrogen) atoms. The monoisotopic (exact) mass is 479 g/mol. The minimum absolute atomic E-state index is 0.0756. The van der Waals surface area contributed by atoms with Gasteiger partial charge in [0.1, 0.15) is 29.6 Å². The molecule has 2 fully saturated rings. The Hall–Kier alpha value is -3.34. The fourth-order valence-corrected chi connectivity index (χ4v) is 5.76. The molecule has 5 rings (SSSR count). The average molecular weight is 480 g/mol. The summed E-state index contributed by atoms with van der Waals surface area (Å²) >= 11 is 0. The van der Waals surface area contributed by atoms with Gasteiger partial charge in [-0.05, 0) is 25.0 Å². The molecule has 10 heteroatoms. The first-order valence-corrected chi connectivity index (χ1v) is 12.0. The van der Waals surface area contributed by atoms with Gasteiger partial charge in [0.25, 0.3) is 0 Å². The van der Waals surface area contributed by atoms with Crippen LogP contribution in [0.1, 0.15) is 25.7 Å². The Morgan fingerprint density at radius 1 is 1.23 bits per heavy atom. The lowest BCUT2D eigenvalue weighted by Crippen LogP contribution is -2.63. The van der Waals surface area contributed by atoms with Crippen molar-refractivity contribution in [1.29, 1.82) is 0 Å². The smallest absolute Gasteiger partial charge is 0.357 e. The number of quaternary nitrogens is 1. The second-order valence-electron chi connectivity index (χ2n) is 9.59. The van der Waals surface area contributed by atoms with E-state index in [1.165, 1.54) is 6.08 Å². The number of aromatic nitrogens is 2. The highest BCUT2D eigenvalue weighted by molar-refractivity contribution is 6.14. The standard InChI is InChI=1S/C25H29N5O5/c1-27-15-18(13-26-27)29-10-9-28(16-23(29)32)14-17-12-19(25(34)35)24(33)30(11-5-4-6-20(17)30)21-7-2-3-8-22(21)31/h4-6,11-13,15,21-22,31H,2-3,7-10,14,16H2,1H3/t21-,22-,30?/m0/s1. The Balaban J connectivity index is 1.48. The number of hydrogen-bond donors (Lipinski definition) is 1. The van der Waals surface area contributed by atoms with Crippen LogP contribution in [0.25, 0.3) is 0 Å². The summed E-state index contributed by atoms with van der Waals surface area (Å²) in [5, 5.41) is 27.0. The van der Waals surface area contributed by atoms with Gasteiger partial charge in [0.2, 0.25) is 5.91 Å². The first-order valence-electron chi connectivity index (χ1n) is 12.0. The van der Waals surface area contributed by atoms with Crippen molar-refractivity contribution in [3.8, 4) is 0 Å². The van der Waals surface area contributed by atoms with E-state index < -0.39 is 29.6 Å². The van der Waals surface area contributed by atoms with Crippen LogP contribution in [-0.2, 0) is 21.4 Å². The number of hydrogen-bond acceptors (Lipinski definition) is 7. The van der Waals surface area contributed by atoms with Crippen LogP contribution in [0.2, 0.25) is 0 Å². The molecule has 0 aromatic carbocycles. The Morgan fingerprint density at radius 2 is 2.03 bits per heavy atom. The number of amides is 2. The summed E-state index contributed by atoms with van der Waals surface area (Å²) in [6.07, 6.45) is 14.0. The van der Waals surface area contributed by atoms with Gasteiger partial charge in [-0.3, -0.25) is 14.4 Å². The molecule has 1 aromatic rings. The van der Waals surface area contributed by atoms with Crippen molar-refractivity contribution in [3.63, 3.8) is 0 Å². The summed E-state index contributed by atoms with van der Waals surface area (Å²) in [6, 6.07) is -0.477. The molecule has 3 aliphatic heterocycles. The number of anilines is 1. The number of aliphatic carboxylic acids is 1. The number of aliphatic hydroxyl groups is 1. The lowest BCUT2D eigenvalue weighted by Gasteiger charge is -2.47. The maximum atomic E-state index is 13.6. The lowest BCUT2D eigenvalue weighted by molar-refractivity contribution is -0.795. The molecule has 1 aliphatic carbocycles. The van der Waals surface area contributed by atoms with Gasteiger partial charge in [0.05, 0.1) is 24.4 Å². The highest BCUT2D eigenvalue weighted by Crippen LogP contribution is 2.42. The van der Waals surface area contributed by atoms with Crippen molar-refractivity contribution < 1.29 is 29.1 Å². The average Bonchev–Trinajstić information content (AvgIpc) is 3.27. The molecule has 1 saturated heterocycles. The third-order valence-corrected chi connectivity index (χ3v) is 7.43. The fourth-order valence-electron chi connectivity index (χ4n) is 5.76. The zero-order valence-corrected chi connectivity index (χ0v) is 19.7. The van der Waals surface area contributed by atoms with Gasteiger partial charge in [-0.2, -0.15) is 9.58 Å². The summed E-state index contributed by atoms with van der Waals surface area (Å²) in [7, 11) is 1.80. The van der Waals surface area contributed by atoms with Crippen LogP contribution < -0.4 is 10.0 Å². The maximum Gasteiger partial charge on any atom is 0.357 e. The van der Waals surface area contributed by atoms with Crippen molar-refractivity contribution >= 4 is 23.5 Å². The van der Waals surface area contributed by atoms with Gasteiger partial charge in [0.15, 0.2) is 0 Å². The van der Waals surface area contributed by atoms with Crippen LogP contribution in [0, 0.1) is 0 Å². The number of piperazine rings is 1. The van der Waals surface area contributed by atoms with Crippen molar-refractivity contribution in [3.05, 3.63) is 59.7 Å². The zero-order chi connectivity index (χ0) is 24.7. The van der Waals surface area contributed by atoms with Crippen molar-refractivity contribution in [2.24, 2.45) is 7.05 Å².